The number of rotatable bonds is 6. The summed E-state index contributed by atoms with van der Waals surface area (Å²) in [5.41, 5.74) is 2.35. The first kappa shape index (κ1) is 17.4. The van der Waals surface area contributed by atoms with Crippen LogP contribution in [0.3, 0.4) is 0 Å². The first-order chi connectivity index (χ1) is 12.3. The lowest BCUT2D eigenvalue weighted by atomic mass is 10.0. The van der Waals surface area contributed by atoms with Gasteiger partial charge in [-0.1, -0.05) is 30.3 Å². The van der Waals surface area contributed by atoms with E-state index in [1.807, 2.05) is 18.2 Å². The van der Waals surface area contributed by atoms with E-state index in [1.165, 1.54) is 5.56 Å². The van der Waals surface area contributed by atoms with Gasteiger partial charge in [0.1, 0.15) is 0 Å². The molecule has 3 rings (SSSR count). The second kappa shape index (κ2) is 9.14. The number of pyridine rings is 1. The van der Waals surface area contributed by atoms with Crippen LogP contribution in [0.5, 0.6) is 0 Å². The van der Waals surface area contributed by atoms with Gasteiger partial charge in [-0.25, -0.2) is 0 Å². The number of carbonyl (C=O) groups excluding carboxylic acids is 1. The Morgan fingerprint density at radius 1 is 1.20 bits per heavy atom. The van der Waals surface area contributed by atoms with Gasteiger partial charge >= 0.3 is 0 Å². The van der Waals surface area contributed by atoms with Crippen molar-refractivity contribution in [2.45, 2.75) is 25.3 Å². The van der Waals surface area contributed by atoms with Crippen LogP contribution in [-0.4, -0.2) is 41.5 Å². The highest BCUT2D eigenvalue weighted by Crippen LogP contribution is 2.11. The van der Waals surface area contributed by atoms with Gasteiger partial charge in [0.05, 0.1) is 0 Å². The molecule has 0 bridgehead atoms. The van der Waals surface area contributed by atoms with E-state index in [2.05, 4.69) is 45.5 Å². The minimum atomic E-state index is -0.0216. The number of amides is 1. The Bertz CT molecular complexity index is 685. The zero-order valence-electron chi connectivity index (χ0n) is 14.5. The Hall–Kier alpha value is -2.46. The lowest BCUT2D eigenvalue weighted by Gasteiger charge is -2.33. The number of benzene rings is 1. The SMILES string of the molecule is O=C(C=Cc1ccncc1)NC1CCCN(CCc2ccccc2)C1. The number of hydrogen-bond acceptors (Lipinski definition) is 3. The highest BCUT2D eigenvalue weighted by molar-refractivity contribution is 5.91. The summed E-state index contributed by atoms with van der Waals surface area (Å²) >= 11 is 0. The molecular formula is C21H25N3O. The van der Waals surface area contributed by atoms with Crippen LogP contribution >= 0.6 is 0 Å². The fraction of sp³-hybridized carbons (Fsp3) is 0.333. The molecular weight excluding hydrogens is 310 g/mol. The second-order valence-electron chi connectivity index (χ2n) is 6.50. The van der Waals surface area contributed by atoms with Gasteiger partial charge < -0.3 is 10.2 Å². The number of likely N-dealkylation sites (tertiary alicyclic amines) is 1. The van der Waals surface area contributed by atoms with Crippen molar-refractivity contribution in [1.29, 1.82) is 0 Å². The maximum atomic E-state index is 12.1. The van der Waals surface area contributed by atoms with Crippen LogP contribution in [0.4, 0.5) is 0 Å². The summed E-state index contributed by atoms with van der Waals surface area (Å²) in [5, 5.41) is 3.13. The van der Waals surface area contributed by atoms with E-state index in [0.29, 0.717) is 0 Å². The summed E-state index contributed by atoms with van der Waals surface area (Å²) in [6.45, 7) is 3.09. The second-order valence-corrected chi connectivity index (χ2v) is 6.50. The van der Waals surface area contributed by atoms with Crippen molar-refractivity contribution in [2.75, 3.05) is 19.6 Å². The van der Waals surface area contributed by atoms with E-state index in [0.717, 1.165) is 44.5 Å². The maximum absolute atomic E-state index is 12.1. The molecule has 1 amide bonds. The van der Waals surface area contributed by atoms with Crippen LogP contribution in [0.15, 0.2) is 60.9 Å². The molecule has 2 heterocycles. The third-order valence-electron chi connectivity index (χ3n) is 4.54. The minimum absolute atomic E-state index is 0.0216. The Balaban J connectivity index is 1.45. The lowest BCUT2D eigenvalue weighted by molar-refractivity contribution is -0.117. The zero-order chi connectivity index (χ0) is 17.3. The van der Waals surface area contributed by atoms with Crippen LogP contribution in [0.2, 0.25) is 0 Å². The predicted octanol–water partition coefficient (Wildman–Crippen LogP) is 2.92. The highest BCUT2D eigenvalue weighted by atomic mass is 16.1. The van der Waals surface area contributed by atoms with Gasteiger partial charge in [-0.15, -0.1) is 0 Å². The highest BCUT2D eigenvalue weighted by Gasteiger charge is 2.20. The van der Waals surface area contributed by atoms with Crippen LogP contribution in [0.25, 0.3) is 6.08 Å². The lowest BCUT2D eigenvalue weighted by Crippen LogP contribution is -2.47. The van der Waals surface area contributed by atoms with E-state index < -0.39 is 0 Å². The minimum Gasteiger partial charge on any atom is -0.349 e. The first-order valence-electron chi connectivity index (χ1n) is 8.94. The normalized spacial score (nSPS) is 18.3. The molecule has 25 heavy (non-hydrogen) atoms. The molecule has 1 aliphatic rings. The molecule has 1 aliphatic heterocycles. The van der Waals surface area contributed by atoms with E-state index in [9.17, 15) is 4.79 Å². The van der Waals surface area contributed by atoms with Gasteiger partial charge in [-0.3, -0.25) is 9.78 Å². The average Bonchev–Trinajstić information content (AvgIpc) is 2.67. The Morgan fingerprint density at radius 3 is 2.80 bits per heavy atom. The number of hydrogen-bond donors (Lipinski definition) is 1. The number of carbonyl (C=O) groups is 1. The van der Waals surface area contributed by atoms with E-state index in [-0.39, 0.29) is 11.9 Å². The van der Waals surface area contributed by atoms with Gasteiger partial charge in [0.2, 0.25) is 5.91 Å². The monoisotopic (exact) mass is 335 g/mol. The first-order valence-corrected chi connectivity index (χ1v) is 8.94. The Labute approximate surface area is 149 Å². The Kier molecular flexibility index (Phi) is 6.35. The van der Waals surface area contributed by atoms with Gasteiger partial charge in [-0.05, 0) is 55.1 Å². The smallest absolute Gasteiger partial charge is 0.244 e. The molecule has 130 valence electrons. The molecule has 1 aromatic carbocycles. The van der Waals surface area contributed by atoms with Crippen LogP contribution in [-0.2, 0) is 11.2 Å². The van der Waals surface area contributed by atoms with Crippen molar-refractivity contribution in [3.63, 3.8) is 0 Å². The third-order valence-corrected chi connectivity index (χ3v) is 4.54. The summed E-state index contributed by atoms with van der Waals surface area (Å²) in [6, 6.07) is 14.6. The summed E-state index contributed by atoms with van der Waals surface area (Å²) in [4.78, 5) is 18.6. The molecule has 1 N–H and O–H groups in total. The van der Waals surface area contributed by atoms with Crippen molar-refractivity contribution in [1.82, 2.24) is 15.2 Å². The number of piperidine rings is 1. The largest absolute Gasteiger partial charge is 0.349 e. The molecule has 0 radical (unpaired) electrons. The number of nitrogens with zero attached hydrogens (tertiary/aromatic N) is 2. The van der Waals surface area contributed by atoms with E-state index in [1.54, 1.807) is 18.5 Å². The van der Waals surface area contributed by atoms with Gasteiger partial charge in [-0.2, -0.15) is 0 Å². The molecule has 1 atom stereocenters. The Morgan fingerprint density at radius 2 is 2.00 bits per heavy atom. The van der Waals surface area contributed by atoms with Gasteiger partial charge in [0, 0.05) is 37.6 Å². The zero-order valence-corrected chi connectivity index (χ0v) is 14.5. The van der Waals surface area contributed by atoms with Crippen molar-refractivity contribution in [2.24, 2.45) is 0 Å². The van der Waals surface area contributed by atoms with Gasteiger partial charge in [0.15, 0.2) is 0 Å². The van der Waals surface area contributed by atoms with Crippen LogP contribution in [0.1, 0.15) is 24.0 Å². The van der Waals surface area contributed by atoms with E-state index in [4.69, 9.17) is 0 Å². The van der Waals surface area contributed by atoms with Crippen molar-refractivity contribution < 1.29 is 4.79 Å². The molecule has 0 saturated carbocycles. The van der Waals surface area contributed by atoms with E-state index >= 15 is 0 Å². The fourth-order valence-electron chi connectivity index (χ4n) is 3.20. The topological polar surface area (TPSA) is 45.2 Å². The number of nitrogens with one attached hydrogen (secondary N) is 1. The number of aromatic nitrogens is 1. The molecule has 1 aromatic heterocycles. The van der Waals surface area contributed by atoms with Crippen molar-refractivity contribution in [3.8, 4) is 0 Å². The molecule has 4 nitrogen and oxygen atoms in total. The predicted molar refractivity (Wildman–Crippen MR) is 101 cm³/mol. The molecule has 2 aromatic rings. The van der Waals surface area contributed by atoms with Crippen LogP contribution < -0.4 is 5.32 Å². The fourth-order valence-corrected chi connectivity index (χ4v) is 3.20. The molecule has 0 spiro atoms. The summed E-state index contributed by atoms with van der Waals surface area (Å²) in [5.74, 6) is -0.0216. The summed E-state index contributed by atoms with van der Waals surface area (Å²) in [7, 11) is 0. The van der Waals surface area contributed by atoms with Crippen LogP contribution in [0, 0.1) is 0 Å². The molecule has 1 fully saturated rings. The molecule has 1 saturated heterocycles. The summed E-state index contributed by atoms with van der Waals surface area (Å²) < 4.78 is 0. The third kappa shape index (κ3) is 5.84. The quantitative estimate of drug-likeness (QED) is 0.826. The maximum Gasteiger partial charge on any atom is 0.244 e. The molecule has 1 unspecified atom stereocenters. The van der Waals surface area contributed by atoms with Crippen molar-refractivity contribution >= 4 is 12.0 Å². The standard InChI is InChI=1S/C21H25N3O/c25-21(9-8-19-10-13-22-14-11-19)23-20-7-4-15-24(17-20)16-12-18-5-2-1-3-6-18/h1-3,5-6,8-11,13-14,20H,4,7,12,15-17H2,(H,23,25). The molecule has 4 heteroatoms. The van der Waals surface area contributed by atoms with Crippen molar-refractivity contribution in [3.05, 3.63) is 72.1 Å². The average molecular weight is 335 g/mol. The summed E-state index contributed by atoms with van der Waals surface area (Å²) in [6.07, 6.45) is 10.1. The molecule has 0 aliphatic carbocycles. The van der Waals surface area contributed by atoms with Gasteiger partial charge in [0.25, 0.3) is 0 Å².